The fourth-order valence-corrected chi connectivity index (χ4v) is 3.73. The molecule has 0 bridgehead atoms. The lowest BCUT2D eigenvalue weighted by Crippen LogP contribution is -2.61. The van der Waals surface area contributed by atoms with Crippen LogP contribution in [-0.4, -0.2) is 69.3 Å². The summed E-state index contributed by atoms with van der Waals surface area (Å²) in [5, 5.41) is 36.6. The molecule has 38 heavy (non-hydrogen) atoms. The first-order chi connectivity index (χ1) is 17.9. The van der Waals surface area contributed by atoms with Gasteiger partial charge >= 0.3 is 5.97 Å². The van der Waals surface area contributed by atoms with Gasteiger partial charge in [-0.05, 0) is 42.5 Å². The van der Waals surface area contributed by atoms with Crippen LogP contribution in [0.5, 0.6) is 5.75 Å². The second kappa shape index (κ2) is 14.1. The number of carboxylic acid groups (broad SMARTS) is 1. The van der Waals surface area contributed by atoms with E-state index in [0.29, 0.717) is 5.56 Å². The predicted molar refractivity (Wildman–Crippen MR) is 140 cm³/mol. The smallest absolute Gasteiger partial charge is 0.326 e. The number of carbonyl (C=O) groups is 4. The lowest BCUT2D eigenvalue weighted by atomic mass is 10.00. The number of rotatable bonds is 13. The van der Waals surface area contributed by atoms with Crippen molar-refractivity contribution in [3.8, 4) is 5.75 Å². The van der Waals surface area contributed by atoms with Crippen LogP contribution in [-0.2, 0) is 32.0 Å². The molecular formula is C27H36N4O7. The fraction of sp³-hybridized carbons (Fsp3) is 0.407. The Bertz CT molecular complexity index is 1090. The Morgan fingerprint density at radius 2 is 1.29 bits per heavy atom. The predicted octanol–water partition coefficient (Wildman–Crippen LogP) is 0.0805. The van der Waals surface area contributed by atoms with Crippen LogP contribution in [0.1, 0.15) is 31.9 Å². The summed E-state index contributed by atoms with van der Waals surface area (Å²) in [5.74, 6) is -3.92. The Morgan fingerprint density at radius 3 is 1.82 bits per heavy atom. The highest BCUT2D eigenvalue weighted by atomic mass is 16.4. The number of aliphatic hydroxyl groups is 1. The molecule has 8 N–H and O–H groups in total. The van der Waals surface area contributed by atoms with Gasteiger partial charge in [-0.15, -0.1) is 0 Å². The summed E-state index contributed by atoms with van der Waals surface area (Å²) in [6, 6.07) is 10.1. The molecule has 2 aromatic carbocycles. The number of nitrogens with one attached hydrogen (secondary N) is 3. The molecule has 0 aliphatic rings. The fourth-order valence-electron chi connectivity index (χ4n) is 3.73. The first-order valence-electron chi connectivity index (χ1n) is 12.3. The first-order valence-corrected chi connectivity index (χ1v) is 12.3. The molecule has 2 rings (SSSR count). The summed E-state index contributed by atoms with van der Waals surface area (Å²) in [6.07, 6.45) is -1.14. The lowest BCUT2D eigenvalue weighted by molar-refractivity contribution is -0.142. The standard InChI is InChI=1S/C27H36N4O7/c1-15(2)22(25(35)29-21(27(37)38)14-18-9-11-19(33)12-10-18)30-26(36)23(16(3)32)31-24(34)20(28)13-17-7-5-4-6-8-17/h4-12,15-16,20-23,32-33H,13-14,28H2,1-3H3,(H,29,35)(H,30,36)(H,31,34)(H,37,38). The minimum Gasteiger partial charge on any atom is -0.508 e. The van der Waals surface area contributed by atoms with Crippen LogP contribution < -0.4 is 21.7 Å². The van der Waals surface area contributed by atoms with E-state index >= 15 is 0 Å². The average Bonchev–Trinajstić information content (AvgIpc) is 2.86. The van der Waals surface area contributed by atoms with Gasteiger partial charge in [0.1, 0.15) is 23.9 Å². The summed E-state index contributed by atoms with van der Waals surface area (Å²) in [7, 11) is 0. The zero-order valence-electron chi connectivity index (χ0n) is 21.6. The van der Waals surface area contributed by atoms with Crippen molar-refractivity contribution in [1.82, 2.24) is 16.0 Å². The third-order valence-corrected chi connectivity index (χ3v) is 5.94. The maximum absolute atomic E-state index is 13.0. The van der Waals surface area contributed by atoms with Gasteiger partial charge in [0.05, 0.1) is 12.1 Å². The molecule has 0 saturated carbocycles. The number of aliphatic hydroxyl groups excluding tert-OH is 1. The molecule has 0 aliphatic carbocycles. The zero-order valence-corrected chi connectivity index (χ0v) is 21.6. The van der Waals surface area contributed by atoms with Crippen LogP contribution in [0.15, 0.2) is 54.6 Å². The lowest BCUT2D eigenvalue weighted by Gasteiger charge is -2.28. The van der Waals surface area contributed by atoms with Crippen molar-refractivity contribution in [1.29, 1.82) is 0 Å². The maximum Gasteiger partial charge on any atom is 0.326 e. The Labute approximate surface area is 221 Å². The third-order valence-electron chi connectivity index (χ3n) is 5.94. The van der Waals surface area contributed by atoms with Crippen LogP contribution in [0.4, 0.5) is 0 Å². The van der Waals surface area contributed by atoms with E-state index in [1.54, 1.807) is 13.8 Å². The second-order valence-electron chi connectivity index (χ2n) is 9.52. The third kappa shape index (κ3) is 9.16. The van der Waals surface area contributed by atoms with Gasteiger partial charge in [-0.2, -0.15) is 0 Å². The second-order valence-corrected chi connectivity index (χ2v) is 9.52. The van der Waals surface area contributed by atoms with E-state index in [-0.39, 0.29) is 18.6 Å². The van der Waals surface area contributed by atoms with Crippen molar-refractivity contribution < 1.29 is 34.5 Å². The molecule has 0 spiro atoms. The number of aromatic hydroxyl groups is 1. The van der Waals surface area contributed by atoms with Gasteiger partial charge < -0.3 is 37.0 Å². The number of aliphatic carboxylic acids is 1. The normalized spacial score (nSPS) is 15.0. The van der Waals surface area contributed by atoms with E-state index in [9.17, 15) is 34.5 Å². The van der Waals surface area contributed by atoms with Gasteiger partial charge in [-0.3, -0.25) is 14.4 Å². The Kier molecular flexibility index (Phi) is 11.2. The molecule has 0 heterocycles. The number of nitrogens with two attached hydrogens (primary N) is 1. The number of benzene rings is 2. The molecule has 0 saturated heterocycles. The summed E-state index contributed by atoms with van der Waals surface area (Å²) in [5.41, 5.74) is 7.39. The molecule has 5 atom stereocenters. The summed E-state index contributed by atoms with van der Waals surface area (Å²) >= 11 is 0. The highest BCUT2D eigenvalue weighted by Crippen LogP contribution is 2.12. The van der Waals surface area contributed by atoms with Crippen LogP contribution in [0, 0.1) is 5.92 Å². The molecule has 0 radical (unpaired) electrons. The van der Waals surface area contributed by atoms with Gasteiger partial charge in [-0.1, -0.05) is 56.3 Å². The summed E-state index contributed by atoms with van der Waals surface area (Å²) in [6.45, 7) is 4.63. The van der Waals surface area contributed by atoms with E-state index in [2.05, 4.69) is 16.0 Å². The highest BCUT2D eigenvalue weighted by molar-refractivity contribution is 5.94. The number of hydrogen-bond acceptors (Lipinski definition) is 7. The van der Waals surface area contributed by atoms with E-state index < -0.39 is 59.9 Å². The Hall–Kier alpha value is -3.96. The van der Waals surface area contributed by atoms with Gasteiger partial charge in [0.15, 0.2) is 0 Å². The summed E-state index contributed by atoms with van der Waals surface area (Å²) in [4.78, 5) is 50.5. The van der Waals surface area contributed by atoms with Gasteiger partial charge in [-0.25, -0.2) is 4.79 Å². The molecule has 11 heteroatoms. The van der Waals surface area contributed by atoms with Crippen molar-refractivity contribution in [2.24, 2.45) is 11.7 Å². The van der Waals surface area contributed by atoms with Crippen LogP contribution >= 0.6 is 0 Å². The van der Waals surface area contributed by atoms with Gasteiger partial charge in [0, 0.05) is 6.42 Å². The topological polar surface area (TPSA) is 191 Å². The molecule has 3 amide bonds. The highest BCUT2D eigenvalue weighted by Gasteiger charge is 2.33. The number of amides is 3. The van der Waals surface area contributed by atoms with Crippen molar-refractivity contribution >= 4 is 23.7 Å². The van der Waals surface area contributed by atoms with Crippen molar-refractivity contribution in [3.63, 3.8) is 0 Å². The van der Waals surface area contributed by atoms with Crippen molar-refractivity contribution in [2.45, 2.75) is 63.9 Å². The van der Waals surface area contributed by atoms with Gasteiger partial charge in [0.25, 0.3) is 0 Å². The molecule has 206 valence electrons. The number of phenols is 1. The average molecular weight is 529 g/mol. The Morgan fingerprint density at radius 1 is 0.763 bits per heavy atom. The molecule has 0 fully saturated rings. The number of carbonyl (C=O) groups excluding carboxylic acids is 3. The minimum atomic E-state index is -1.40. The molecule has 2 aromatic rings. The molecule has 0 aliphatic heterocycles. The van der Waals surface area contributed by atoms with E-state index in [0.717, 1.165) is 5.56 Å². The number of phenolic OH excluding ortho intramolecular Hbond substituents is 1. The maximum atomic E-state index is 13.0. The van der Waals surface area contributed by atoms with Crippen molar-refractivity contribution in [2.75, 3.05) is 0 Å². The quantitative estimate of drug-likeness (QED) is 0.190. The largest absolute Gasteiger partial charge is 0.508 e. The van der Waals surface area contributed by atoms with Crippen molar-refractivity contribution in [3.05, 3.63) is 65.7 Å². The number of hydrogen-bond donors (Lipinski definition) is 7. The Balaban J connectivity index is 2.07. The monoisotopic (exact) mass is 528 g/mol. The van der Waals surface area contributed by atoms with E-state index in [1.165, 1.54) is 31.2 Å². The SMILES string of the molecule is CC(C)C(NC(=O)C(NC(=O)C(N)Cc1ccccc1)C(C)O)C(=O)NC(Cc1ccc(O)cc1)C(=O)O. The van der Waals surface area contributed by atoms with Crippen LogP contribution in [0.2, 0.25) is 0 Å². The van der Waals surface area contributed by atoms with E-state index in [4.69, 9.17) is 5.73 Å². The number of carboxylic acids is 1. The molecule has 5 unspecified atom stereocenters. The molecular weight excluding hydrogens is 492 g/mol. The summed E-state index contributed by atoms with van der Waals surface area (Å²) < 4.78 is 0. The van der Waals surface area contributed by atoms with E-state index in [1.807, 2.05) is 30.3 Å². The minimum absolute atomic E-state index is 0.0213. The first kappa shape index (κ1) is 30.3. The molecule has 11 nitrogen and oxygen atoms in total. The van der Waals surface area contributed by atoms with Crippen LogP contribution in [0.3, 0.4) is 0 Å². The molecule has 0 aromatic heterocycles. The van der Waals surface area contributed by atoms with Gasteiger partial charge in [0.2, 0.25) is 17.7 Å². The zero-order chi connectivity index (χ0) is 28.4. The van der Waals surface area contributed by atoms with Crippen LogP contribution in [0.25, 0.3) is 0 Å².